The first-order chi connectivity index (χ1) is 44.0. The minimum atomic E-state index is -2.33. The van der Waals surface area contributed by atoms with Gasteiger partial charge in [-0.2, -0.15) is 0 Å². The van der Waals surface area contributed by atoms with Gasteiger partial charge in [0, 0.05) is 44.2 Å². The van der Waals surface area contributed by atoms with Crippen LogP contribution in [0.2, 0.25) is 19.6 Å². The molecule has 0 aliphatic carbocycles. The molecule has 2 atom stereocenters. The number of rotatable bonds is 13. The van der Waals surface area contributed by atoms with Crippen molar-refractivity contribution in [2.24, 2.45) is 0 Å². The van der Waals surface area contributed by atoms with Crippen LogP contribution in [0.1, 0.15) is 116 Å². The molecule has 3 heterocycles. The second-order valence-corrected chi connectivity index (χ2v) is 36.4. The smallest absolute Gasteiger partial charge is 0.530 e. The summed E-state index contributed by atoms with van der Waals surface area (Å²) in [7, 11) is -5.61. The van der Waals surface area contributed by atoms with Crippen LogP contribution in [0, 0.1) is 0 Å². The minimum Gasteiger partial charge on any atom is -0.544 e. The number of aliphatic hydroxyl groups is 2. The molecule has 0 saturated heterocycles. The molecule has 93 heavy (non-hydrogen) atoms. The highest BCUT2D eigenvalue weighted by Gasteiger charge is 2.39. The SMILES string of the molecule is COc1cc(-c2cc(OC)cc(C(C)(C)C)c2OP2Oc3cccc4cc5cccc(O[Si](C)(C)C)c5c(c34)O2)c(OP2Oc3cccc4cc5cccc(Op6oc7c(C(C)(C)C)cc(CO)cc7c7cc(CO)cc(C(C)(C)C)c7o6)c5c(c34)O2)c(C(C)(C)C)c1. The van der Waals surface area contributed by atoms with Crippen molar-refractivity contribution >= 4 is 98.8 Å². The molecule has 0 saturated carbocycles. The lowest BCUT2D eigenvalue weighted by Crippen LogP contribution is -2.29. The second-order valence-electron chi connectivity index (χ2n) is 29.0. The van der Waals surface area contributed by atoms with E-state index in [4.69, 9.17) is 54.0 Å². The number of hydrogen-bond acceptors (Lipinski definition) is 14. The Morgan fingerprint density at radius 3 is 1.19 bits per heavy atom. The summed E-state index contributed by atoms with van der Waals surface area (Å²) in [4.78, 5) is 0. The lowest BCUT2D eigenvalue weighted by atomic mass is 9.81. The molecule has 10 aromatic carbocycles. The van der Waals surface area contributed by atoms with Crippen LogP contribution in [0.4, 0.5) is 0 Å². The van der Waals surface area contributed by atoms with Crippen LogP contribution in [-0.2, 0) is 34.9 Å². The molecule has 0 amide bonds. The first-order valence-electron chi connectivity index (χ1n) is 31.2. The van der Waals surface area contributed by atoms with Crippen molar-refractivity contribution in [2.75, 3.05) is 14.2 Å². The number of aliphatic hydroxyl groups excluding tert-OH is 2. The standard InChI is InChI=1S/C75H79O14P3Si/c1-72(2,3)54-32-42(40-76)30-50-51-31-43(41-77)33-55(73(4,5)6)67(51)84-90(83-66(50)54)80-58-26-18-22-44-34-45-23-19-27-59-63(45)70(62(44)58)87-91(81-59)85-68-52(36-48(78-13)38-56(68)74(7,8)9)53-37-49(79-14)39-57(75(10,11)12)69(53)86-92-82-60-28-20-24-46-35-47-25-21-29-61(89-93(15,16)17)65(47)71(88-92)64(46)60/h18-39,76-77H,40-41H2,1-17H3. The number of benzene rings is 10. The van der Waals surface area contributed by atoms with Crippen molar-refractivity contribution in [3.05, 3.63) is 167 Å². The molecule has 14 nitrogen and oxygen atoms in total. The Kier molecular flexibility index (Phi) is 16.2. The maximum Gasteiger partial charge on any atom is 0.530 e. The first-order valence-corrected chi connectivity index (χ1v) is 37.9. The van der Waals surface area contributed by atoms with Gasteiger partial charge < -0.3 is 64.2 Å². The third kappa shape index (κ3) is 12.0. The molecule has 0 radical (unpaired) electrons. The fraction of sp³-hybridized carbons (Fsp3) is 0.307. The van der Waals surface area contributed by atoms with E-state index < -0.39 is 55.4 Å². The average molecular weight is 1330 g/mol. The summed E-state index contributed by atoms with van der Waals surface area (Å²) >= 11 is 0. The van der Waals surface area contributed by atoms with Gasteiger partial charge in [-0.25, -0.2) is 0 Å². The van der Waals surface area contributed by atoms with Crippen LogP contribution in [-0.4, -0.2) is 32.8 Å². The second kappa shape index (κ2) is 23.6. The predicted molar refractivity (Wildman–Crippen MR) is 378 cm³/mol. The highest BCUT2D eigenvalue weighted by molar-refractivity contribution is 7.43. The minimum absolute atomic E-state index is 0.186. The van der Waals surface area contributed by atoms with Crippen LogP contribution in [0.25, 0.3) is 76.2 Å². The fourth-order valence-electron chi connectivity index (χ4n) is 12.3. The van der Waals surface area contributed by atoms with E-state index in [0.29, 0.717) is 79.4 Å². The zero-order chi connectivity index (χ0) is 66.0. The van der Waals surface area contributed by atoms with Crippen molar-refractivity contribution in [3.63, 3.8) is 0 Å². The van der Waals surface area contributed by atoms with Crippen molar-refractivity contribution < 1.29 is 64.2 Å². The van der Waals surface area contributed by atoms with Gasteiger partial charge in [0.2, 0.25) is 8.32 Å². The van der Waals surface area contributed by atoms with E-state index in [0.717, 1.165) is 87.6 Å². The highest BCUT2D eigenvalue weighted by Crippen LogP contribution is 2.62. The van der Waals surface area contributed by atoms with Gasteiger partial charge in [-0.05, 0) is 159 Å². The molecule has 13 rings (SSSR count). The predicted octanol–water partition coefficient (Wildman–Crippen LogP) is 22.0. The molecule has 2 unspecified atom stereocenters. The third-order valence-electron chi connectivity index (χ3n) is 16.8. The van der Waals surface area contributed by atoms with Gasteiger partial charge in [0.05, 0.1) is 49.0 Å². The molecule has 0 fully saturated rings. The molecule has 2 N–H and O–H groups in total. The summed E-state index contributed by atoms with van der Waals surface area (Å²) in [5.74, 6) is 5.61. The van der Waals surface area contributed by atoms with E-state index in [-0.39, 0.29) is 13.2 Å². The van der Waals surface area contributed by atoms with Gasteiger partial charge in [-0.1, -0.05) is 132 Å². The summed E-state index contributed by atoms with van der Waals surface area (Å²) in [6.07, 6.45) is 0. The fourth-order valence-corrected chi connectivity index (χ4v) is 16.5. The van der Waals surface area contributed by atoms with E-state index in [9.17, 15) is 10.2 Å². The number of ether oxygens (including phenoxy) is 2. The van der Waals surface area contributed by atoms with Gasteiger partial charge in [0.1, 0.15) is 57.2 Å². The monoisotopic (exact) mass is 1320 g/mol. The summed E-state index contributed by atoms with van der Waals surface area (Å²) in [6, 6.07) is 43.9. The molecule has 0 bridgehead atoms. The zero-order valence-electron chi connectivity index (χ0n) is 55.8. The van der Waals surface area contributed by atoms with Crippen molar-refractivity contribution in [2.45, 2.75) is 138 Å². The maximum atomic E-state index is 10.7. The van der Waals surface area contributed by atoms with E-state index in [1.54, 1.807) is 14.2 Å². The zero-order valence-corrected chi connectivity index (χ0v) is 59.4. The Morgan fingerprint density at radius 1 is 0.419 bits per heavy atom. The van der Waals surface area contributed by atoms with Crippen molar-refractivity contribution in [1.82, 2.24) is 0 Å². The van der Waals surface area contributed by atoms with E-state index in [1.165, 1.54) is 0 Å². The molecule has 0 spiro atoms. The molecular weight excluding hydrogens is 1250 g/mol. The molecule has 18 heteroatoms. The topological polar surface area (TPSA) is 159 Å². The number of methoxy groups -OCH3 is 2. The van der Waals surface area contributed by atoms with Gasteiger partial charge in [0.25, 0.3) is 0 Å². The van der Waals surface area contributed by atoms with Gasteiger partial charge in [0.15, 0.2) is 11.5 Å². The highest BCUT2D eigenvalue weighted by atomic mass is 31.2. The van der Waals surface area contributed by atoms with Crippen LogP contribution >= 0.6 is 25.4 Å². The number of hydrogen-bond donors (Lipinski definition) is 2. The van der Waals surface area contributed by atoms with Crippen LogP contribution < -0.4 is 45.6 Å². The summed E-state index contributed by atoms with van der Waals surface area (Å²) in [6.45, 7) is 31.6. The largest absolute Gasteiger partial charge is 0.544 e. The van der Waals surface area contributed by atoms with Crippen LogP contribution in [0.15, 0.2) is 142 Å². The maximum absolute atomic E-state index is 10.7. The van der Waals surface area contributed by atoms with E-state index >= 15 is 0 Å². The Hall–Kier alpha value is -7.86. The van der Waals surface area contributed by atoms with Gasteiger partial charge in [-0.3, -0.25) is 0 Å². The van der Waals surface area contributed by atoms with Crippen LogP contribution in [0.3, 0.4) is 0 Å². The quantitative estimate of drug-likeness (QED) is 0.0638. The normalized spacial score (nSPS) is 15.0. The summed E-state index contributed by atoms with van der Waals surface area (Å²) in [5, 5.41) is 29.6. The summed E-state index contributed by atoms with van der Waals surface area (Å²) in [5.41, 5.74) is 5.17. The van der Waals surface area contributed by atoms with Gasteiger partial charge >= 0.3 is 25.4 Å². The lowest BCUT2D eigenvalue weighted by molar-refractivity contribution is 0.281. The van der Waals surface area contributed by atoms with E-state index in [2.05, 4.69) is 127 Å². The Labute approximate surface area is 547 Å². The molecular formula is C75H79O14P3Si. The molecule has 2 aliphatic heterocycles. The molecule has 2 aliphatic rings. The van der Waals surface area contributed by atoms with Gasteiger partial charge in [-0.15, -0.1) is 0 Å². The third-order valence-corrected chi connectivity index (χ3v) is 20.6. The summed E-state index contributed by atoms with van der Waals surface area (Å²) < 4.78 is 83.6. The molecule has 11 aromatic rings. The number of fused-ring (bicyclic) bond motifs is 7. The van der Waals surface area contributed by atoms with Crippen molar-refractivity contribution in [3.8, 4) is 68.6 Å². The van der Waals surface area contributed by atoms with E-state index in [1.807, 2.05) is 109 Å². The lowest BCUT2D eigenvalue weighted by Gasteiger charge is -2.32. The molecule has 1 aromatic heterocycles. The Balaban J connectivity index is 0.972. The average Bonchev–Trinajstić information content (AvgIpc) is 1.30. The Morgan fingerprint density at radius 2 is 0.806 bits per heavy atom. The van der Waals surface area contributed by atoms with Crippen molar-refractivity contribution in [1.29, 1.82) is 0 Å². The first kappa shape index (κ1) is 63.9. The Bertz CT molecular complexity index is 4790. The molecule has 482 valence electrons. The van der Waals surface area contributed by atoms with Crippen LogP contribution in [0.5, 0.6) is 57.5 Å².